The second-order valence-electron chi connectivity index (χ2n) is 12.2. The van der Waals surface area contributed by atoms with Gasteiger partial charge in [-0.05, 0) is 96.9 Å². The summed E-state index contributed by atoms with van der Waals surface area (Å²) in [6.45, 7) is 2.14. The molecule has 48 heavy (non-hydrogen) atoms. The number of fused-ring (bicyclic) bond motifs is 6. The van der Waals surface area contributed by atoms with Gasteiger partial charge in [-0.1, -0.05) is 146 Å². The molecule has 0 aliphatic rings. The van der Waals surface area contributed by atoms with E-state index in [9.17, 15) is 0 Å². The van der Waals surface area contributed by atoms with Gasteiger partial charge in [-0.25, -0.2) is 9.97 Å². The smallest absolute Gasteiger partial charge is 0.159 e. The van der Waals surface area contributed by atoms with Gasteiger partial charge in [-0.3, -0.25) is 0 Å². The molecule has 0 saturated carbocycles. The molecule has 0 unspecified atom stereocenters. The molecular weight excluding hydrogens is 581 g/mol. The quantitative estimate of drug-likeness (QED) is 0.132. The highest BCUT2D eigenvalue weighted by atomic mass is 14.9. The summed E-state index contributed by atoms with van der Waals surface area (Å²) in [6.07, 6.45) is 9.01. The fraction of sp³-hybridized carbons (Fsp3) is 0.0435. The highest BCUT2D eigenvalue weighted by Gasteiger charge is 2.11. The van der Waals surface area contributed by atoms with Crippen molar-refractivity contribution in [2.24, 2.45) is 0 Å². The predicted molar refractivity (Wildman–Crippen MR) is 204 cm³/mol. The van der Waals surface area contributed by atoms with Gasteiger partial charge in [0.25, 0.3) is 0 Å². The lowest BCUT2D eigenvalue weighted by Crippen LogP contribution is -1.94. The van der Waals surface area contributed by atoms with Gasteiger partial charge in [-0.15, -0.1) is 0 Å². The molecule has 1 heterocycles. The molecular formula is C46H34N2. The lowest BCUT2D eigenvalue weighted by molar-refractivity contribution is 1.06. The Hall–Kier alpha value is -6.12. The fourth-order valence-corrected chi connectivity index (χ4v) is 6.65. The molecule has 0 spiro atoms. The van der Waals surface area contributed by atoms with Crippen molar-refractivity contribution in [1.29, 1.82) is 0 Å². The van der Waals surface area contributed by atoms with E-state index in [2.05, 4.69) is 170 Å². The summed E-state index contributed by atoms with van der Waals surface area (Å²) in [5.41, 5.74) is 9.17. The molecule has 0 aliphatic heterocycles. The van der Waals surface area contributed by atoms with Crippen LogP contribution in [-0.2, 0) is 6.42 Å². The van der Waals surface area contributed by atoms with E-state index in [1.54, 1.807) is 0 Å². The molecule has 0 aliphatic carbocycles. The van der Waals surface area contributed by atoms with E-state index in [0.717, 1.165) is 34.6 Å². The number of aromatic nitrogens is 2. The van der Waals surface area contributed by atoms with Crippen LogP contribution in [0.3, 0.4) is 0 Å². The maximum Gasteiger partial charge on any atom is 0.159 e. The van der Waals surface area contributed by atoms with Gasteiger partial charge in [0.2, 0.25) is 0 Å². The zero-order chi connectivity index (χ0) is 32.3. The number of benzene rings is 7. The van der Waals surface area contributed by atoms with Crippen molar-refractivity contribution in [3.63, 3.8) is 0 Å². The van der Waals surface area contributed by atoms with E-state index in [1.165, 1.54) is 54.6 Å². The monoisotopic (exact) mass is 614 g/mol. The molecule has 0 atom stereocenters. The van der Waals surface area contributed by atoms with E-state index >= 15 is 0 Å². The Labute approximate surface area is 281 Å². The Kier molecular flexibility index (Phi) is 7.90. The topological polar surface area (TPSA) is 25.8 Å². The van der Waals surface area contributed by atoms with Crippen molar-refractivity contribution < 1.29 is 0 Å². The molecule has 7 aromatic carbocycles. The fourth-order valence-electron chi connectivity index (χ4n) is 6.65. The van der Waals surface area contributed by atoms with Crippen LogP contribution in [0.2, 0.25) is 0 Å². The number of allylic oxidation sites excluding steroid dienone is 4. The third kappa shape index (κ3) is 5.81. The van der Waals surface area contributed by atoms with E-state index in [4.69, 9.17) is 4.98 Å². The molecule has 0 bridgehead atoms. The largest absolute Gasteiger partial charge is 0.237 e. The minimum atomic E-state index is 0.739. The van der Waals surface area contributed by atoms with Crippen LogP contribution in [0.1, 0.15) is 18.2 Å². The van der Waals surface area contributed by atoms with Crippen molar-refractivity contribution in [1.82, 2.24) is 9.97 Å². The molecule has 0 saturated heterocycles. The summed E-state index contributed by atoms with van der Waals surface area (Å²) >= 11 is 0. The number of nitrogens with zero attached hydrogens (tertiary/aromatic N) is 2. The maximum absolute atomic E-state index is 4.91. The molecule has 0 radical (unpaired) electrons. The Balaban J connectivity index is 1.08. The molecule has 0 amide bonds. The van der Waals surface area contributed by atoms with Crippen molar-refractivity contribution in [3.05, 3.63) is 187 Å². The predicted octanol–water partition coefficient (Wildman–Crippen LogP) is 12.1. The van der Waals surface area contributed by atoms with Gasteiger partial charge in [0.05, 0.1) is 0 Å². The van der Waals surface area contributed by atoms with Crippen LogP contribution < -0.4 is 0 Å². The minimum absolute atomic E-state index is 0.739. The van der Waals surface area contributed by atoms with Crippen molar-refractivity contribution in [2.45, 2.75) is 13.3 Å². The van der Waals surface area contributed by atoms with Crippen LogP contribution in [0.25, 0.3) is 71.5 Å². The van der Waals surface area contributed by atoms with Gasteiger partial charge in [0.1, 0.15) is 0 Å². The Morgan fingerprint density at radius 3 is 1.71 bits per heavy atom. The van der Waals surface area contributed by atoms with Crippen molar-refractivity contribution >= 4 is 37.9 Å². The highest BCUT2D eigenvalue weighted by Crippen LogP contribution is 2.37. The zero-order valence-corrected chi connectivity index (χ0v) is 26.8. The molecule has 228 valence electrons. The summed E-state index contributed by atoms with van der Waals surface area (Å²) in [5, 5.41) is 7.73. The first kappa shape index (κ1) is 29.3. The number of hydrogen-bond acceptors (Lipinski definition) is 2. The SMILES string of the molecule is C/C(=C\C=C/Cc1ccnc(-c2cccc(-c3cccc(-c4ccc5c6ccccc6c6ccccc6c5c4)c3)c2)n1)c1ccccc1. The van der Waals surface area contributed by atoms with Crippen LogP contribution in [-0.4, -0.2) is 9.97 Å². The Bertz CT molecular complexity index is 2450. The second kappa shape index (κ2) is 12.9. The molecule has 8 aromatic rings. The summed E-state index contributed by atoms with van der Waals surface area (Å²) < 4.78 is 0. The zero-order valence-electron chi connectivity index (χ0n) is 26.8. The standard InChI is InChI=1S/C46H34N2/c1-32(33-14-3-2-4-15-33)13-5-6-20-39-27-28-47-46(48-39)38-19-12-18-36(30-38)34-16-11-17-35(29-34)37-25-26-44-42-23-8-7-21-40(42)41-22-9-10-24-43(41)45(44)31-37/h2-19,21-31H,20H2,1H3/b6-5-,32-13+. The molecule has 2 nitrogen and oxygen atoms in total. The van der Waals surface area contributed by atoms with Crippen LogP contribution in [0.4, 0.5) is 0 Å². The maximum atomic E-state index is 4.91. The van der Waals surface area contributed by atoms with Crippen LogP contribution >= 0.6 is 0 Å². The third-order valence-corrected chi connectivity index (χ3v) is 9.15. The highest BCUT2D eigenvalue weighted by molar-refractivity contribution is 6.25. The number of rotatable bonds is 7. The van der Waals surface area contributed by atoms with Crippen LogP contribution in [0.5, 0.6) is 0 Å². The van der Waals surface area contributed by atoms with Gasteiger partial charge < -0.3 is 0 Å². The summed E-state index contributed by atoms with van der Waals surface area (Å²) in [7, 11) is 0. The molecule has 0 fully saturated rings. The van der Waals surface area contributed by atoms with Crippen molar-refractivity contribution in [3.8, 4) is 33.6 Å². The Morgan fingerprint density at radius 2 is 1.04 bits per heavy atom. The average molecular weight is 615 g/mol. The van der Waals surface area contributed by atoms with E-state index < -0.39 is 0 Å². The minimum Gasteiger partial charge on any atom is -0.237 e. The van der Waals surface area contributed by atoms with E-state index in [-0.39, 0.29) is 0 Å². The third-order valence-electron chi connectivity index (χ3n) is 9.15. The lowest BCUT2D eigenvalue weighted by Gasteiger charge is -2.13. The average Bonchev–Trinajstić information content (AvgIpc) is 3.17. The van der Waals surface area contributed by atoms with E-state index in [0.29, 0.717) is 0 Å². The molecule has 0 N–H and O–H groups in total. The first-order chi connectivity index (χ1) is 23.7. The summed E-state index contributed by atoms with van der Waals surface area (Å²) in [6, 6.07) is 54.2. The molecule has 2 heteroatoms. The second-order valence-corrected chi connectivity index (χ2v) is 12.2. The van der Waals surface area contributed by atoms with Crippen LogP contribution in [0.15, 0.2) is 176 Å². The van der Waals surface area contributed by atoms with Crippen molar-refractivity contribution in [2.75, 3.05) is 0 Å². The molecule has 8 rings (SSSR count). The first-order valence-corrected chi connectivity index (χ1v) is 16.5. The summed E-state index contributed by atoms with van der Waals surface area (Å²) in [4.78, 5) is 9.54. The normalized spacial score (nSPS) is 12.0. The van der Waals surface area contributed by atoms with E-state index in [1.807, 2.05) is 18.3 Å². The lowest BCUT2D eigenvalue weighted by atomic mass is 9.91. The number of hydrogen-bond donors (Lipinski definition) is 0. The summed E-state index contributed by atoms with van der Waals surface area (Å²) in [5.74, 6) is 0.739. The van der Waals surface area contributed by atoms with Gasteiger partial charge in [0, 0.05) is 23.9 Å². The Morgan fingerprint density at radius 1 is 0.500 bits per heavy atom. The van der Waals surface area contributed by atoms with Gasteiger partial charge in [-0.2, -0.15) is 0 Å². The van der Waals surface area contributed by atoms with Crippen LogP contribution in [0, 0.1) is 0 Å². The molecule has 1 aromatic heterocycles. The van der Waals surface area contributed by atoms with Gasteiger partial charge >= 0.3 is 0 Å². The van der Waals surface area contributed by atoms with Gasteiger partial charge in [0.15, 0.2) is 5.82 Å². The first-order valence-electron chi connectivity index (χ1n) is 16.5.